The number of nitrogens with zero attached hydrogens (tertiary/aromatic N) is 3. The van der Waals surface area contributed by atoms with Crippen LogP contribution in [0.25, 0.3) is 10.2 Å². The summed E-state index contributed by atoms with van der Waals surface area (Å²) in [6.45, 7) is 1.32. The number of halogens is 2. The highest BCUT2D eigenvalue weighted by atomic mass is 35.5. The highest BCUT2D eigenvalue weighted by Crippen LogP contribution is 2.37. The maximum atomic E-state index is 12.9. The van der Waals surface area contributed by atoms with E-state index in [9.17, 15) is 4.79 Å². The van der Waals surface area contributed by atoms with Crippen LogP contribution in [-0.2, 0) is 6.42 Å². The molecule has 1 aliphatic heterocycles. The summed E-state index contributed by atoms with van der Waals surface area (Å²) in [5, 5.41) is 3.80. The van der Waals surface area contributed by atoms with Crippen molar-refractivity contribution < 1.29 is 4.79 Å². The highest BCUT2D eigenvalue weighted by Gasteiger charge is 2.33. The summed E-state index contributed by atoms with van der Waals surface area (Å²) in [7, 11) is 0. The molecule has 0 saturated carbocycles. The largest absolute Gasteiger partial charge is 0.330 e. The Kier molecular flexibility index (Phi) is 7.37. The molecule has 2 aromatic heterocycles. The van der Waals surface area contributed by atoms with Crippen molar-refractivity contribution in [1.29, 1.82) is 0 Å². The first kappa shape index (κ1) is 21.1. The fourth-order valence-corrected chi connectivity index (χ4v) is 5.00. The molecule has 1 fully saturated rings. The Hall–Kier alpha value is -1.25. The number of carbonyl (C=O) groups excluding carboxylic acids is 1. The fraction of sp³-hybridized carbons (Fsp3) is 0.353. The van der Waals surface area contributed by atoms with E-state index >= 15 is 0 Å². The summed E-state index contributed by atoms with van der Waals surface area (Å²) in [6.07, 6.45) is 2.69. The lowest BCUT2D eigenvalue weighted by Gasteiger charge is -2.22. The topological polar surface area (TPSA) is 72.1 Å². The number of para-hydroxylation sites is 1. The van der Waals surface area contributed by atoms with Gasteiger partial charge in [0.15, 0.2) is 0 Å². The van der Waals surface area contributed by atoms with E-state index in [2.05, 4.69) is 11.1 Å². The van der Waals surface area contributed by atoms with E-state index in [1.54, 1.807) is 11.3 Å². The first-order chi connectivity index (χ1) is 11.8. The zero-order valence-corrected chi connectivity index (χ0v) is 17.2. The number of carbonyl (C=O) groups is 1. The highest BCUT2D eigenvalue weighted by molar-refractivity contribution is 7.18. The summed E-state index contributed by atoms with van der Waals surface area (Å²) in [4.78, 5) is 24.0. The third-order valence-electron chi connectivity index (χ3n) is 4.24. The molecule has 1 saturated heterocycles. The molecule has 4 rings (SSSR count). The Morgan fingerprint density at radius 3 is 2.85 bits per heavy atom. The third kappa shape index (κ3) is 4.02. The Balaban J connectivity index is 0.00000121. The second-order valence-electron chi connectivity index (χ2n) is 5.84. The van der Waals surface area contributed by atoms with Crippen molar-refractivity contribution in [3.05, 3.63) is 45.4 Å². The van der Waals surface area contributed by atoms with Crippen molar-refractivity contribution in [2.45, 2.75) is 25.3 Å². The Bertz CT molecular complexity index is 849. The standard InChI is InChI=1S/C17H18N4OS2.2ClH/c18-8-7-15-19-12(10-23-15)17(22)21-9-3-5-13(21)16-20-11-4-1-2-6-14(11)24-16;;/h1-2,4,6,10,13H,3,5,7-9,18H2;2*1H. The van der Waals surface area contributed by atoms with Crippen LogP contribution in [0.5, 0.6) is 0 Å². The number of benzene rings is 1. The van der Waals surface area contributed by atoms with Gasteiger partial charge in [0.1, 0.15) is 10.7 Å². The lowest BCUT2D eigenvalue weighted by molar-refractivity contribution is 0.0730. The van der Waals surface area contributed by atoms with Crippen LogP contribution in [-0.4, -0.2) is 33.9 Å². The van der Waals surface area contributed by atoms with Crippen LogP contribution in [0.3, 0.4) is 0 Å². The summed E-state index contributed by atoms with van der Waals surface area (Å²) < 4.78 is 1.17. The molecule has 0 spiro atoms. The maximum Gasteiger partial charge on any atom is 0.273 e. The van der Waals surface area contributed by atoms with Gasteiger partial charge in [0.05, 0.1) is 21.3 Å². The number of aromatic nitrogens is 2. The van der Waals surface area contributed by atoms with Gasteiger partial charge in [-0.25, -0.2) is 9.97 Å². The lowest BCUT2D eigenvalue weighted by atomic mass is 10.2. The molecule has 9 heteroatoms. The number of hydrogen-bond acceptors (Lipinski definition) is 6. The van der Waals surface area contributed by atoms with Gasteiger partial charge in [0.2, 0.25) is 0 Å². The van der Waals surface area contributed by atoms with Crippen molar-refractivity contribution in [2.75, 3.05) is 13.1 Å². The Morgan fingerprint density at radius 2 is 2.08 bits per heavy atom. The summed E-state index contributed by atoms with van der Waals surface area (Å²) >= 11 is 3.20. The molecule has 1 atom stereocenters. The summed E-state index contributed by atoms with van der Waals surface area (Å²) in [5.41, 5.74) is 7.12. The Labute approximate surface area is 172 Å². The SMILES string of the molecule is Cl.Cl.NCCc1nc(C(=O)N2CCCC2c2nc3ccccc3s2)cs1. The van der Waals surface area contributed by atoms with Gasteiger partial charge in [0.25, 0.3) is 5.91 Å². The molecule has 2 N–H and O–H groups in total. The van der Waals surface area contributed by atoms with Crippen molar-refractivity contribution in [3.8, 4) is 0 Å². The van der Waals surface area contributed by atoms with E-state index in [0.29, 0.717) is 12.2 Å². The van der Waals surface area contributed by atoms with E-state index in [-0.39, 0.29) is 36.8 Å². The van der Waals surface area contributed by atoms with E-state index < -0.39 is 0 Å². The number of fused-ring (bicyclic) bond motifs is 1. The molecule has 0 aliphatic carbocycles. The van der Waals surface area contributed by atoms with Crippen LogP contribution < -0.4 is 5.73 Å². The van der Waals surface area contributed by atoms with Crippen LogP contribution in [0.2, 0.25) is 0 Å². The van der Waals surface area contributed by atoms with Crippen LogP contribution in [0.4, 0.5) is 0 Å². The smallest absolute Gasteiger partial charge is 0.273 e. The number of nitrogens with two attached hydrogens (primary N) is 1. The van der Waals surface area contributed by atoms with E-state index in [4.69, 9.17) is 10.7 Å². The molecule has 1 unspecified atom stereocenters. The second-order valence-corrected chi connectivity index (χ2v) is 7.85. The normalized spacial score (nSPS) is 16.3. The predicted octanol–water partition coefficient (Wildman–Crippen LogP) is 4.07. The van der Waals surface area contributed by atoms with Gasteiger partial charge in [-0.2, -0.15) is 0 Å². The number of amides is 1. The number of hydrogen-bond donors (Lipinski definition) is 1. The van der Waals surface area contributed by atoms with E-state index in [1.807, 2.05) is 28.5 Å². The summed E-state index contributed by atoms with van der Waals surface area (Å²) in [6, 6.07) is 8.19. The minimum Gasteiger partial charge on any atom is -0.330 e. The van der Waals surface area contributed by atoms with Crippen LogP contribution in [0, 0.1) is 0 Å². The van der Waals surface area contributed by atoms with E-state index in [1.165, 1.54) is 16.0 Å². The minimum absolute atomic E-state index is 0. The van der Waals surface area contributed by atoms with Gasteiger partial charge in [-0.15, -0.1) is 47.5 Å². The quantitative estimate of drug-likeness (QED) is 0.676. The average Bonchev–Trinajstić information content (AvgIpc) is 3.32. The van der Waals surface area contributed by atoms with Crippen LogP contribution in [0.1, 0.15) is 39.4 Å². The van der Waals surface area contributed by atoms with Crippen LogP contribution >= 0.6 is 47.5 Å². The number of rotatable bonds is 4. The van der Waals surface area contributed by atoms with Crippen molar-refractivity contribution in [2.24, 2.45) is 5.73 Å². The van der Waals surface area contributed by atoms with Crippen LogP contribution in [0.15, 0.2) is 29.6 Å². The third-order valence-corrected chi connectivity index (χ3v) is 6.28. The first-order valence-electron chi connectivity index (χ1n) is 8.07. The zero-order valence-electron chi connectivity index (χ0n) is 14.0. The molecule has 0 bridgehead atoms. The summed E-state index contributed by atoms with van der Waals surface area (Å²) in [5.74, 6) is 0.0104. The molecular formula is C17H20Cl2N4OS2. The molecule has 26 heavy (non-hydrogen) atoms. The first-order valence-corrected chi connectivity index (χ1v) is 9.77. The monoisotopic (exact) mass is 430 g/mol. The van der Waals surface area contributed by atoms with Gasteiger partial charge in [-0.05, 0) is 31.5 Å². The lowest BCUT2D eigenvalue weighted by Crippen LogP contribution is -2.30. The molecule has 0 radical (unpaired) electrons. The van der Waals surface area contributed by atoms with Crippen molar-refractivity contribution >= 4 is 63.6 Å². The maximum absolute atomic E-state index is 12.9. The molecule has 1 aromatic carbocycles. The van der Waals surface area contributed by atoms with Gasteiger partial charge in [0, 0.05) is 18.3 Å². The molecule has 3 heterocycles. The molecular weight excluding hydrogens is 411 g/mol. The van der Waals surface area contributed by atoms with Gasteiger partial charge in [-0.3, -0.25) is 4.79 Å². The van der Waals surface area contributed by atoms with E-state index in [0.717, 1.165) is 41.3 Å². The van der Waals surface area contributed by atoms with Gasteiger partial charge < -0.3 is 10.6 Å². The van der Waals surface area contributed by atoms with Gasteiger partial charge in [-0.1, -0.05) is 12.1 Å². The van der Waals surface area contributed by atoms with Crippen molar-refractivity contribution in [1.82, 2.24) is 14.9 Å². The molecule has 5 nitrogen and oxygen atoms in total. The zero-order chi connectivity index (χ0) is 16.5. The fourth-order valence-electron chi connectivity index (χ4n) is 3.09. The molecule has 140 valence electrons. The Morgan fingerprint density at radius 1 is 1.27 bits per heavy atom. The predicted molar refractivity (Wildman–Crippen MR) is 112 cm³/mol. The molecule has 3 aromatic rings. The van der Waals surface area contributed by atoms with Crippen molar-refractivity contribution in [3.63, 3.8) is 0 Å². The molecule has 1 aliphatic rings. The number of likely N-dealkylation sites (tertiary alicyclic amines) is 1. The number of thiazole rings is 2. The second kappa shape index (κ2) is 9.10. The van der Waals surface area contributed by atoms with Gasteiger partial charge >= 0.3 is 0 Å². The molecule has 1 amide bonds. The average molecular weight is 431 g/mol. The minimum atomic E-state index is 0.